The quantitative estimate of drug-likeness (QED) is 0.807. The first-order valence-corrected chi connectivity index (χ1v) is 9.27. The molecule has 3 N–H and O–H groups in total. The van der Waals surface area contributed by atoms with E-state index in [1.165, 1.54) is 17.6 Å². The maximum Gasteiger partial charge on any atom is 0.263 e. The van der Waals surface area contributed by atoms with E-state index in [0.717, 1.165) is 15.8 Å². The molecule has 2 rings (SSSR count). The SMILES string of the molecule is Cc1ccnc2sc(C(=O)NCCCS(C)(=O)=O)c(N)c12. The van der Waals surface area contributed by atoms with Gasteiger partial charge in [0.1, 0.15) is 19.5 Å². The van der Waals surface area contributed by atoms with Crippen molar-refractivity contribution in [1.29, 1.82) is 0 Å². The molecule has 0 aliphatic carbocycles. The second-order valence-electron chi connectivity index (χ2n) is 4.89. The lowest BCUT2D eigenvalue weighted by atomic mass is 10.2. The molecule has 0 saturated carbocycles. The Kier molecular flexibility index (Phi) is 4.48. The van der Waals surface area contributed by atoms with Crippen molar-refractivity contribution >= 4 is 43.0 Å². The van der Waals surface area contributed by atoms with Crippen LogP contribution < -0.4 is 11.1 Å². The van der Waals surface area contributed by atoms with Gasteiger partial charge in [0, 0.05) is 24.4 Å². The van der Waals surface area contributed by atoms with Gasteiger partial charge in [-0.1, -0.05) is 0 Å². The highest BCUT2D eigenvalue weighted by Gasteiger charge is 2.18. The molecule has 0 fully saturated rings. The van der Waals surface area contributed by atoms with Gasteiger partial charge in [0.05, 0.1) is 11.4 Å². The number of rotatable bonds is 5. The van der Waals surface area contributed by atoms with Gasteiger partial charge in [0.15, 0.2) is 0 Å². The molecule has 2 aromatic heterocycles. The van der Waals surface area contributed by atoms with Crippen molar-refractivity contribution in [2.24, 2.45) is 0 Å². The highest BCUT2D eigenvalue weighted by atomic mass is 32.2. The van der Waals surface area contributed by atoms with Crippen LogP contribution in [0, 0.1) is 6.92 Å². The number of hydrogen-bond donors (Lipinski definition) is 2. The first-order chi connectivity index (χ1) is 9.79. The molecule has 6 nitrogen and oxygen atoms in total. The first kappa shape index (κ1) is 15.7. The Hall–Kier alpha value is -1.67. The molecule has 0 aliphatic heterocycles. The second-order valence-corrected chi connectivity index (χ2v) is 8.15. The third-order valence-electron chi connectivity index (χ3n) is 3.02. The lowest BCUT2D eigenvalue weighted by Crippen LogP contribution is -2.25. The molecule has 8 heteroatoms. The van der Waals surface area contributed by atoms with Crippen LogP contribution in [-0.4, -0.2) is 37.9 Å². The summed E-state index contributed by atoms with van der Waals surface area (Å²) in [5.74, 6) is -0.237. The maximum absolute atomic E-state index is 12.1. The third-order valence-corrected chi connectivity index (χ3v) is 5.16. The summed E-state index contributed by atoms with van der Waals surface area (Å²) in [6.45, 7) is 2.22. The molecule has 0 saturated heterocycles. The topological polar surface area (TPSA) is 102 Å². The van der Waals surface area contributed by atoms with E-state index in [9.17, 15) is 13.2 Å². The fourth-order valence-corrected chi connectivity index (χ4v) is 3.71. The summed E-state index contributed by atoms with van der Waals surface area (Å²) in [5, 5.41) is 3.50. The van der Waals surface area contributed by atoms with Crippen molar-refractivity contribution in [2.45, 2.75) is 13.3 Å². The Morgan fingerprint density at radius 2 is 2.19 bits per heavy atom. The lowest BCUT2D eigenvalue weighted by molar-refractivity contribution is 0.0958. The van der Waals surface area contributed by atoms with Gasteiger partial charge in [-0.25, -0.2) is 13.4 Å². The monoisotopic (exact) mass is 327 g/mol. The van der Waals surface area contributed by atoms with Crippen molar-refractivity contribution in [3.63, 3.8) is 0 Å². The van der Waals surface area contributed by atoms with Crippen molar-refractivity contribution in [3.8, 4) is 0 Å². The molecule has 0 atom stereocenters. The number of nitrogens with zero attached hydrogens (tertiary/aromatic N) is 1. The summed E-state index contributed by atoms with van der Waals surface area (Å²) >= 11 is 1.24. The summed E-state index contributed by atoms with van der Waals surface area (Å²) in [4.78, 5) is 17.5. The third kappa shape index (κ3) is 3.70. The fraction of sp³-hybridized carbons (Fsp3) is 0.385. The molecule has 0 radical (unpaired) electrons. The normalized spacial score (nSPS) is 11.7. The van der Waals surface area contributed by atoms with E-state index >= 15 is 0 Å². The fourth-order valence-electron chi connectivity index (χ4n) is 1.99. The summed E-state index contributed by atoms with van der Waals surface area (Å²) in [7, 11) is -3.00. The minimum absolute atomic E-state index is 0.0514. The smallest absolute Gasteiger partial charge is 0.263 e. The number of nitrogens with two attached hydrogens (primary N) is 1. The molecule has 1 amide bonds. The Balaban J connectivity index is 2.10. The lowest BCUT2D eigenvalue weighted by Gasteiger charge is -2.04. The van der Waals surface area contributed by atoms with Crippen LogP contribution in [0.15, 0.2) is 12.3 Å². The van der Waals surface area contributed by atoms with Crippen molar-refractivity contribution < 1.29 is 13.2 Å². The van der Waals surface area contributed by atoms with Gasteiger partial charge in [-0.3, -0.25) is 4.79 Å². The predicted molar refractivity (Wildman–Crippen MR) is 85.4 cm³/mol. The molecule has 2 heterocycles. The van der Waals surface area contributed by atoms with Crippen LogP contribution >= 0.6 is 11.3 Å². The van der Waals surface area contributed by atoms with Gasteiger partial charge in [-0.05, 0) is 25.0 Å². The van der Waals surface area contributed by atoms with Gasteiger partial charge in [-0.2, -0.15) is 0 Å². The Labute approximate surface area is 127 Å². The first-order valence-electron chi connectivity index (χ1n) is 6.39. The molecule has 0 spiro atoms. The molecule has 0 unspecified atom stereocenters. The standard InChI is InChI=1S/C13H17N3O3S2/c1-8-4-6-16-13-9(8)10(14)11(20-13)12(17)15-5-3-7-21(2,18)19/h4,6H,3,5,7,14H2,1-2H3,(H,15,17). The number of sulfone groups is 1. The number of pyridine rings is 1. The van der Waals surface area contributed by atoms with E-state index in [0.29, 0.717) is 23.5 Å². The molecular weight excluding hydrogens is 310 g/mol. The van der Waals surface area contributed by atoms with E-state index in [1.54, 1.807) is 6.20 Å². The number of thiophene rings is 1. The van der Waals surface area contributed by atoms with E-state index in [1.807, 2.05) is 13.0 Å². The zero-order valence-corrected chi connectivity index (χ0v) is 13.5. The molecular formula is C13H17N3O3S2. The van der Waals surface area contributed by atoms with Gasteiger partial charge in [0.2, 0.25) is 0 Å². The molecule has 0 aliphatic rings. The molecule has 2 aromatic rings. The van der Waals surface area contributed by atoms with E-state index < -0.39 is 9.84 Å². The summed E-state index contributed by atoms with van der Waals surface area (Å²) in [5.41, 5.74) is 7.44. The summed E-state index contributed by atoms with van der Waals surface area (Å²) in [6.07, 6.45) is 3.24. The summed E-state index contributed by atoms with van der Waals surface area (Å²) in [6, 6.07) is 1.85. The Morgan fingerprint density at radius 1 is 1.48 bits per heavy atom. The zero-order valence-electron chi connectivity index (χ0n) is 11.8. The van der Waals surface area contributed by atoms with Gasteiger partial charge >= 0.3 is 0 Å². The number of hydrogen-bond acceptors (Lipinski definition) is 6. The highest BCUT2D eigenvalue weighted by Crippen LogP contribution is 2.34. The minimum Gasteiger partial charge on any atom is -0.397 e. The Morgan fingerprint density at radius 3 is 2.81 bits per heavy atom. The van der Waals surface area contributed by atoms with Crippen LogP contribution in [0.3, 0.4) is 0 Å². The molecule has 0 bridgehead atoms. The number of aryl methyl sites for hydroxylation is 1. The van der Waals surface area contributed by atoms with Crippen molar-refractivity contribution in [3.05, 3.63) is 22.7 Å². The maximum atomic E-state index is 12.1. The number of anilines is 1. The average molecular weight is 327 g/mol. The largest absolute Gasteiger partial charge is 0.397 e. The van der Waals surface area contributed by atoms with Crippen LogP contribution in [0.1, 0.15) is 21.7 Å². The average Bonchev–Trinajstić information content (AvgIpc) is 2.72. The van der Waals surface area contributed by atoms with Crippen LogP contribution in [0.2, 0.25) is 0 Å². The number of carbonyl (C=O) groups is 1. The minimum atomic E-state index is -3.00. The Bertz CT molecular complexity index is 781. The van der Waals surface area contributed by atoms with E-state index in [2.05, 4.69) is 10.3 Å². The second kappa shape index (κ2) is 5.98. The molecule has 114 valence electrons. The van der Waals surface area contributed by atoms with E-state index in [4.69, 9.17) is 5.73 Å². The van der Waals surface area contributed by atoms with Crippen molar-refractivity contribution in [1.82, 2.24) is 10.3 Å². The highest BCUT2D eigenvalue weighted by molar-refractivity contribution is 7.90. The number of fused-ring (bicyclic) bond motifs is 1. The van der Waals surface area contributed by atoms with Crippen LogP contribution in [0.5, 0.6) is 0 Å². The summed E-state index contributed by atoms with van der Waals surface area (Å²) < 4.78 is 22.0. The number of nitrogens with one attached hydrogen (secondary N) is 1. The van der Waals surface area contributed by atoms with Gasteiger partial charge < -0.3 is 11.1 Å². The number of nitrogen functional groups attached to an aromatic ring is 1. The van der Waals surface area contributed by atoms with Crippen molar-refractivity contribution in [2.75, 3.05) is 24.3 Å². The number of amides is 1. The van der Waals surface area contributed by atoms with E-state index in [-0.39, 0.29) is 11.7 Å². The number of carbonyl (C=O) groups excluding carboxylic acids is 1. The van der Waals surface area contributed by atoms with Gasteiger partial charge in [0.25, 0.3) is 5.91 Å². The molecule has 0 aromatic carbocycles. The zero-order chi connectivity index (χ0) is 15.6. The number of aromatic nitrogens is 1. The van der Waals surface area contributed by atoms with Crippen LogP contribution in [-0.2, 0) is 9.84 Å². The van der Waals surface area contributed by atoms with Crippen LogP contribution in [0.4, 0.5) is 5.69 Å². The van der Waals surface area contributed by atoms with Gasteiger partial charge in [-0.15, -0.1) is 11.3 Å². The molecule has 21 heavy (non-hydrogen) atoms. The van der Waals surface area contributed by atoms with Crippen LogP contribution in [0.25, 0.3) is 10.2 Å². The predicted octanol–water partition coefficient (Wildman–Crippen LogP) is 1.35.